The van der Waals surface area contributed by atoms with Gasteiger partial charge in [0.05, 0.1) is 21.7 Å². The van der Waals surface area contributed by atoms with E-state index in [1.165, 1.54) is 6.07 Å². The molecule has 4 heterocycles. The van der Waals surface area contributed by atoms with Crippen LogP contribution in [0.5, 0.6) is 0 Å². The molecule has 10 heteroatoms. The van der Waals surface area contributed by atoms with Crippen molar-refractivity contribution in [3.8, 4) is 0 Å². The largest absolute Gasteiger partial charge is 0.381 e. The van der Waals surface area contributed by atoms with Gasteiger partial charge < -0.3 is 14.6 Å². The van der Waals surface area contributed by atoms with Crippen LogP contribution in [0.1, 0.15) is 46.1 Å². The third kappa shape index (κ3) is 3.22. The van der Waals surface area contributed by atoms with Gasteiger partial charge >= 0.3 is 0 Å². The van der Waals surface area contributed by atoms with Crippen molar-refractivity contribution >= 4 is 39.9 Å². The van der Waals surface area contributed by atoms with Gasteiger partial charge in [0.15, 0.2) is 0 Å². The lowest BCUT2D eigenvalue weighted by molar-refractivity contribution is 0.0834. The van der Waals surface area contributed by atoms with Gasteiger partial charge in [-0.25, -0.2) is 4.39 Å². The Kier molecular flexibility index (Phi) is 4.93. The summed E-state index contributed by atoms with van der Waals surface area (Å²) in [6, 6.07) is 6.46. The highest BCUT2D eigenvalue weighted by Gasteiger charge is 2.29. The van der Waals surface area contributed by atoms with Gasteiger partial charge in [0.25, 0.3) is 11.5 Å². The standard InChI is InChI=1S/C24H21ClFN5O3/c1-12-8-18-20(31-21(13-3-6-34-7-4-13)28-29-22(31)23(32)27-18)10-15(12)24(33)30-5-2-14-9-16(25)17(26)11-19(14)30/h8-11,13H,2-7H2,1H3,(H,27,32). The first kappa shape index (κ1) is 21.2. The quantitative estimate of drug-likeness (QED) is 0.470. The van der Waals surface area contributed by atoms with Crippen LogP contribution in [0.2, 0.25) is 5.02 Å². The molecular weight excluding hydrogens is 461 g/mol. The van der Waals surface area contributed by atoms with E-state index in [-0.39, 0.29) is 28.1 Å². The number of hydrogen-bond donors (Lipinski definition) is 1. The van der Waals surface area contributed by atoms with E-state index < -0.39 is 5.82 Å². The van der Waals surface area contributed by atoms with Crippen LogP contribution < -0.4 is 10.5 Å². The van der Waals surface area contributed by atoms with Crippen LogP contribution in [0, 0.1) is 12.7 Å². The molecule has 1 fully saturated rings. The molecule has 2 aromatic carbocycles. The molecule has 1 N–H and O–H groups in total. The van der Waals surface area contributed by atoms with E-state index in [4.69, 9.17) is 16.3 Å². The number of aromatic amines is 1. The maximum Gasteiger partial charge on any atom is 0.294 e. The molecule has 0 unspecified atom stereocenters. The topological polar surface area (TPSA) is 92.6 Å². The van der Waals surface area contributed by atoms with E-state index in [2.05, 4.69) is 15.2 Å². The Bertz CT molecular complexity index is 1540. The highest BCUT2D eigenvalue weighted by atomic mass is 35.5. The number of hydrogen-bond acceptors (Lipinski definition) is 5. The van der Waals surface area contributed by atoms with Gasteiger partial charge in [-0.3, -0.25) is 14.0 Å². The fourth-order valence-electron chi connectivity index (χ4n) is 5.03. The van der Waals surface area contributed by atoms with Crippen molar-refractivity contribution in [1.82, 2.24) is 19.6 Å². The van der Waals surface area contributed by atoms with E-state index in [1.54, 1.807) is 27.5 Å². The van der Waals surface area contributed by atoms with Crippen LogP contribution in [0.15, 0.2) is 29.1 Å². The molecule has 0 atom stereocenters. The summed E-state index contributed by atoms with van der Waals surface area (Å²) in [5.74, 6) is 0.00686. The monoisotopic (exact) mass is 481 g/mol. The van der Waals surface area contributed by atoms with Crippen molar-refractivity contribution in [3.05, 3.63) is 68.0 Å². The first-order valence-electron chi connectivity index (χ1n) is 11.2. The van der Waals surface area contributed by atoms with Crippen LogP contribution in [-0.4, -0.2) is 45.2 Å². The lowest BCUT2D eigenvalue weighted by Gasteiger charge is -2.21. The summed E-state index contributed by atoms with van der Waals surface area (Å²) in [7, 11) is 0. The lowest BCUT2D eigenvalue weighted by Crippen LogP contribution is -2.29. The van der Waals surface area contributed by atoms with Crippen LogP contribution in [0.4, 0.5) is 10.1 Å². The Morgan fingerprint density at radius 1 is 1.21 bits per heavy atom. The van der Waals surface area contributed by atoms with Crippen molar-refractivity contribution in [2.75, 3.05) is 24.7 Å². The molecule has 34 heavy (non-hydrogen) atoms. The smallest absolute Gasteiger partial charge is 0.294 e. The lowest BCUT2D eigenvalue weighted by atomic mass is 9.99. The van der Waals surface area contributed by atoms with Crippen molar-refractivity contribution in [2.45, 2.75) is 32.1 Å². The number of aromatic nitrogens is 4. The number of aryl methyl sites for hydroxylation is 1. The molecule has 0 aliphatic carbocycles. The van der Waals surface area contributed by atoms with Gasteiger partial charge in [-0.1, -0.05) is 11.6 Å². The zero-order valence-electron chi connectivity index (χ0n) is 18.4. The van der Waals surface area contributed by atoms with Crippen LogP contribution in [0.25, 0.3) is 16.7 Å². The summed E-state index contributed by atoms with van der Waals surface area (Å²) < 4.78 is 21.4. The second kappa shape index (κ2) is 7.89. The fraction of sp³-hybridized carbons (Fsp3) is 0.333. The van der Waals surface area contributed by atoms with Gasteiger partial charge in [0.2, 0.25) is 5.65 Å². The average Bonchev–Trinajstić information content (AvgIpc) is 3.44. The molecular formula is C24H21ClFN5O3. The highest BCUT2D eigenvalue weighted by molar-refractivity contribution is 6.31. The summed E-state index contributed by atoms with van der Waals surface area (Å²) in [5, 5.41) is 8.53. The molecule has 6 rings (SSSR count). The third-order valence-electron chi connectivity index (χ3n) is 6.80. The number of fused-ring (bicyclic) bond motifs is 4. The average molecular weight is 482 g/mol. The van der Waals surface area contributed by atoms with Gasteiger partial charge in [-0.2, -0.15) is 0 Å². The zero-order valence-corrected chi connectivity index (χ0v) is 19.2. The van der Waals surface area contributed by atoms with E-state index in [0.717, 1.165) is 18.4 Å². The van der Waals surface area contributed by atoms with Crippen molar-refractivity contribution in [3.63, 3.8) is 0 Å². The number of anilines is 1. The molecule has 2 aliphatic rings. The van der Waals surface area contributed by atoms with Crippen molar-refractivity contribution < 1.29 is 13.9 Å². The van der Waals surface area contributed by atoms with E-state index in [1.807, 2.05) is 6.92 Å². The van der Waals surface area contributed by atoms with Gasteiger partial charge in [-0.15, -0.1) is 10.2 Å². The summed E-state index contributed by atoms with van der Waals surface area (Å²) in [6.07, 6.45) is 2.17. The Hall–Kier alpha value is -3.30. The molecule has 174 valence electrons. The van der Waals surface area contributed by atoms with Crippen molar-refractivity contribution in [2.24, 2.45) is 0 Å². The van der Waals surface area contributed by atoms with E-state index in [0.29, 0.717) is 59.9 Å². The first-order chi connectivity index (χ1) is 16.4. The Morgan fingerprint density at radius 3 is 2.79 bits per heavy atom. The molecule has 1 amide bonds. The summed E-state index contributed by atoms with van der Waals surface area (Å²) in [4.78, 5) is 30.8. The molecule has 0 bridgehead atoms. The predicted octanol–water partition coefficient (Wildman–Crippen LogP) is 3.77. The summed E-state index contributed by atoms with van der Waals surface area (Å²) >= 11 is 5.93. The number of nitrogens with zero attached hydrogens (tertiary/aromatic N) is 4. The first-order valence-corrected chi connectivity index (χ1v) is 11.6. The summed E-state index contributed by atoms with van der Waals surface area (Å²) in [5.41, 5.74) is 3.65. The number of carbonyl (C=O) groups is 1. The second-order valence-electron chi connectivity index (χ2n) is 8.84. The van der Waals surface area contributed by atoms with E-state index in [9.17, 15) is 14.0 Å². The number of carbonyl (C=O) groups excluding carboxylic acids is 1. The minimum absolute atomic E-state index is 0.0505. The fourth-order valence-corrected chi connectivity index (χ4v) is 5.22. The molecule has 0 radical (unpaired) electrons. The van der Waals surface area contributed by atoms with Crippen LogP contribution in [0.3, 0.4) is 0 Å². The minimum Gasteiger partial charge on any atom is -0.381 e. The molecule has 2 aliphatic heterocycles. The minimum atomic E-state index is -0.555. The summed E-state index contributed by atoms with van der Waals surface area (Å²) in [6.45, 7) is 3.50. The SMILES string of the molecule is Cc1cc2[nH]c(=O)c3nnc(C4CCOCC4)n3c2cc1C(=O)N1CCc2cc(Cl)c(F)cc21. The number of halogens is 2. The maximum atomic E-state index is 14.2. The van der Waals surface area contributed by atoms with Gasteiger partial charge in [-0.05, 0) is 61.6 Å². The normalized spacial score (nSPS) is 16.5. The van der Waals surface area contributed by atoms with Gasteiger partial charge in [0, 0.05) is 31.2 Å². The Labute approximate surface area is 198 Å². The molecule has 1 saturated heterocycles. The third-order valence-corrected chi connectivity index (χ3v) is 7.09. The maximum absolute atomic E-state index is 14.2. The molecule has 0 spiro atoms. The molecule has 0 saturated carbocycles. The Morgan fingerprint density at radius 2 is 2.00 bits per heavy atom. The zero-order chi connectivity index (χ0) is 23.6. The molecule has 2 aromatic heterocycles. The van der Waals surface area contributed by atoms with Crippen LogP contribution in [-0.2, 0) is 11.2 Å². The van der Waals surface area contributed by atoms with Gasteiger partial charge in [0.1, 0.15) is 11.6 Å². The number of benzene rings is 2. The molecule has 8 nitrogen and oxygen atoms in total. The number of H-pyrrole nitrogens is 1. The highest BCUT2D eigenvalue weighted by Crippen LogP contribution is 2.34. The van der Waals surface area contributed by atoms with E-state index >= 15 is 0 Å². The number of amides is 1. The van der Waals surface area contributed by atoms with Crippen molar-refractivity contribution in [1.29, 1.82) is 0 Å². The predicted molar refractivity (Wildman–Crippen MR) is 125 cm³/mol. The number of ether oxygens (including phenoxy) is 1. The molecule has 4 aromatic rings. The number of rotatable bonds is 2. The van der Waals surface area contributed by atoms with Crippen LogP contribution >= 0.6 is 11.6 Å². The number of nitrogens with one attached hydrogen (secondary N) is 1. The second-order valence-corrected chi connectivity index (χ2v) is 9.25. The Balaban J connectivity index is 1.51.